The predicted octanol–water partition coefficient (Wildman–Crippen LogP) is 3.86. The molecule has 2 bridgehead atoms. The molecule has 1 aromatic rings. The lowest BCUT2D eigenvalue weighted by molar-refractivity contribution is 0.0689. The van der Waals surface area contributed by atoms with Gasteiger partial charge in [0.2, 0.25) is 0 Å². The third-order valence-corrected chi connectivity index (χ3v) is 5.01. The van der Waals surface area contributed by atoms with Crippen molar-refractivity contribution in [3.8, 4) is 11.5 Å². The number of fused-ring (bicyclic) bond motifs is 2. The summed E-state index contributed by atoms with van der Waals surface area (Å²) in [7, 11) is 1.49. The highest BCUT2D eigenvalue weighted by molar-refractivity contribution is 6.31. The zero-order valence-electron chi connectivity index (χ0n) is 12.0. The van der Waals surface area contributed by atoms with Crippen molar-refractivity contribution in [1.29, 1.82) is 0 Å². The minimum Gasteiger partial charge on any atom is -0.493 e. The minimum atomic E-state index is -1.06. The Labute approximate surface area is 129 Å². The molecule has 0 amide bonds. The van der Waals surface area contributed by atoms with Gasteiger partial charge < -0.3 is 14.6 Å². The molecule has 1 N–H and O–H groups in total. The Morgan fingerprint density at radius 2 is 2.19 bits per heavy atom. The van der Waals surface area contributed by atoms with E-state index >= 15 is 0 Å². The summed E-state index contributed by atoms with van der Waals surface area (Å²) in [6.45, 7) is 0.555. The Bertz CT molecular complexity index is 557. The number of aromatic carboxylic acids is 1. The Hall–Kier alpha value is -1.42. The first kappa shape index (κ1) is 14.5. The number of carboxylic acid groups (broad SMARTS) is 1. The standard InChI is InChI=1S/C16H19ClO4/c1-20-14-7-12(17)6-13(16(18)19)15(14)21-8-11-5-9-2-3-10(11)4-9/h6-7,9-11H,2-5,8H2,1H3,(H,18,19). The Balaban J connectivity index is 1.79. The van der Waals surface area contributed by atoms with Crippen LogP contribution in [0.5, 0.6) is 11.5 Å². The fourth-order valence-electron chi connectivity index (χ4n) is 3.80. The van der Waals surface area contributed by atoms with Gasteiger partial charge in [-0.2, -0.15) is 0 Å². The number of ether oxygens (including phenoxy) is 2. The SMILES string of the molecule is COc1cc(Cl)cc(C(=O)O)c1OCC1CC2CCC1C2. The number of hydrogen-bond donors (Lipinski definition) is 1. The van der Waals surface area contributed by atoms with E-state index in [9.17, 15) is 9.90 Å². The molecule has 0 aromatic heterocycles. The first-order chi connectivity index (χ1) is 10.1. The summed E-state index contributed by atoms with van der Waals surface area (Å²) < 4.78 is 11.1. The number of halogens is 1. The lowest BCUT2D eigenvalue weighted by Crippen LogP contribution is -2.19. The van der Waals surface area contributed by atoms with Crippen molar-refractivity contribution in [2.24, 2.45) is 17.8 Å². The van der Waals surface area contributed by atoms with Crippen molar-refractivity contribution < 1.29 is 19.4 Å². The Morgan fingerprint density at radius 3 is 2.76 bits per heavy atom. The molecule has 2 aliphatic rings. The van der Waals surface area contributed by atoms with Crippen LogP contribution in [0.2, 0.25) is 5.02 Å². The molecule has 0 saturated heterocycles. The molecule has 0 heterocycles. The summed E-state index contributed by atoms with van der Waals surface area (Å²) in [5.74, 6) is 1.72. The van der Waals surface area contributed by atoms with Gasteiger partial charge in [0.25, 0.3) is 0 Å². The number of methoxy groups -OCH3 is 1. The molecule has 4 nitrogen and oxygen atoms in total. The third kappa shape index (κ3) is 2.82. The first-order valence-corrected chi connectivity index (χ1v) is 7.70. The summed E-state index contributed by atoms with van der Waals surface area (Å²) in [5, 5.41) is 9.64. The molecule has 0 radical (unpaired) electrons. The molecule has 21 heavy (non-hydrogen) atoms. The second kappa shape index (κ2) is 5.76. The maximum absolute atomic E-state index is 11.4. The monoisotopic (exact) mass is 310 g/mol. The fraction of sp³-hybridized carbons (Fsp3) is 0.562. The van der Waals surface area contributed by atoms with Gasteiger partial charge in [-0.05, 0) is 43.1 Å². The van der Waals surface area contributed by atoms with Crippen molar-refractivity contribution in [1.82, 2.24) is 0 Å². The summed E-state index contributed by atoms with van der Waals surface area (Å²) in [6.07, 6.45) is 5.12. The van der Waals surface area contributed by atoms with Crippen molar-refractivity contribution in [3.63, 3.8) is 0 Å². The van der Waals surface area contributed by atoms with Gasteiger partial charge in [-0.25, -0.2) is 4.79 Å². The lowest BCUT2D eigenvalue weighted by atomic mass is 9.89. The number of rotatable bonds is 5. The molecule has 5 heteroatoms. The van der Waals surface area contributed by atoms with Crippen LogP contribution < -0.4 is 9.47 Å². The van der Waals surface area contributed by atoms with Gasteiger partial charge in [0, 0.05) is 11.1 Å². The molecule has 3 unspecified atom stereocenters. The molecule has 2 saturated carbocycles. The van der Waals surface area contributed by atoms with Crippen LogP contribution in [0, 0.1) is 17.8 Å². The van der Waals surface area contributed by atoms with E-state index in [-0.39, 0.29) is 11.3 Å². The summed E-state index contributed by atoms with van der Waals surface area (Å²) >= 11 is 5.92. The van der Waals surface area contributed by atoms with Crippen LogP contribution >= 0.6 is 11.6 Å². The molecule has 3 atom stereocenters. The summed E-state index contributed by atoms with van der Waals surface area (Å²) in [5.41, 5.74) is 0.0579. The smallest absolute Gasteiger partial charge is 0.339 e. The van der Waals surface area contributed by atoms with Gasteiger partial charge in [-0.15, -0.1) is 0 Å². The number of hydrogen-bond acceptors (Lipinski definition) is 3. The van der Waals surface area contributed by atoms with E-state index in [1.165, 1.54) is 38.9 Å². The highest BCUT2D eigenvalue weighted by Gasteiger charge is 2.39. The van der Waals surface area contributed by atoms with Gasteiger partial charge in [0.15, 0.2) is 11.5 Å². The van der Waals surface area contributed by atoms with Crippen LogP contribution in [-0.4, -0.2) is 24.8 Å². The van der Waals surface area contributed by atoms with E-state index < -0.39 is 5.97 Å². The average Bonchev–Trinajstić information content (AvgIpc) is 3.07. The zero-order valence-corrected chi connectivity index (χ0v) is 12.7. The molecule has 3 rings (SSSR count). The van der Waals surface area contributed by atoms with Crippen molar-refractivity contribution in [2.45, 2.75) is 25.7 Å². The van der Waals surface area contributed by atoms with Crippen LogP contribution in [0.4, 0.5) is 0 Å². The topological polar surface area (TPSA) is 55.8 Å². The van der Waals surface area contributed by atoms with E-state index in [0.29, 0.717) is 23.3 Å². The Morgan fingerprint density at radius 1 is 1.38 bits per heavy atom. The van der Waals surface area contributed by atoms with Crippen LogP contribution in [0.3, 0.4) is 0 Å². The molecule has 0 spiro atoms. The van der Waals surface area contributed by atoms with Gasteiger partial charge in [-0.3, -0.25) is 0 Å². The van der Waals surface area contributed by atoms with Gasteiger partial charge in [0.05, 0.1) is 13.7 Å². The lowest BCUT2D eigenvalue weighted by Gasteiger charge is -2.23. The zero-order chi connectivity index (χ0) is 15.0. The normalized spacial score (nSPS) is 26.9. The predicted molar refractivity (Wildman–Crippen MR) is 79.4 cm³/mol. The number of carboxylic acids is 1. The van der Waals surface area contributed by atoms with E-state index in [0.717, 1.165) is 11.8 Å². The van der Waals surface area contributed by atoms with Crippen molar-refractivity contribution in [2.75, 3.05) is 13.7 Å². The molecule has 1 aromatic carbocycles. The average molecular weight is 311 g/mol. The first-order valence-electron chi connectivity index (χ1n) is 7.32. The molecule has 2 fully saturated rings. The minimum absolute atomic E-state index is 0.0579. The number of benzene rings is 1. The van der Waals surface area contributed by atoms with Crippen LogP contribution in [-0.2, 0) is 0 Å². The highest BCUT2D eigenvalue weighted by atomic mass is 35.5. The van der Waals surface area contributed by atoms with Gasteiger partial charge in [0.1, 0.15) is 5.56 Å². The molecule has 114 valence electrons. The van der Waals surface area contributed by atoms with E-state index in [4.69, 9.17) is 21.1 Å². The summed E-state index contributed by atoms with van der Waals surface area (Å²) in [6, 6.07) is 2.99. The van der Waals surface area contributed by atoms with Crippen LogP contribution in [0.1, 0.15) is 36.0 Å². The second-order valence-electron chi connectivity index (χ2n) is 6.04. The summed E-state index contributed by atoms with van der Waals surface area (Å²) in [4.78, 5) is 11.4. The molecular weight excluding hydrogens is 292 g/mol. The largest absolute Gasteiger partial charge is 0.493 e. The quantitative estimate of drug-likeness (QED) is 0.897. The van der Waals surface area contributed by atoms with Crippen molar-refractivity contribution in [3.05, 3.63) is 22.7 Å². The van der Waals surface area contributed by atoms with E-state index in [2.05, 4.69) is 0 Å². The van der Waals surface area contributed by atoms with Gasteiger partial charge in [-0.1, -0.05) is 18.0 Å². The van der Waals surface area contributed by atoms with E-state index in [1.54, 1.807) is 6.07 Å². The molecular formula is C16H19ClO4. The molecule has 2 aliphatic carbocycles. The fourth-order valence-corrected chi connectivity index (χ4v) is 4.01. The maximum atomic E-state index is 11.4. The third-order valence-electron chi connectivity index (χ3n) is 4.80. The van der Waals surface area contributed by atoms with Crippen LogP contribution in [0.25, 0.3) is 0 Å². The van der Waals surface area contributed by atoms with Gasteiger partial charge >= 0.3 is 5.97 Å². The Kier molecular flexibility index (Phi) is 3.98. The number of carbonyl (C=O) groups is 1. The van der Waals surface area contributed by atoms with Crippen molar-refractivity contribution >= 4 is 17.6 Å². The van der Waals surface area contributed by atoms with Crippen LogP contribution in [0.15, 0.2) is 12.1 Å². The second-order valence-corrected chi connectivity index (χ2v) is 6.47. The molecule has 0 aliphatic heterocycles. The highest BCUT2D eigenvalue weighted by Crippen LogP contribution is 2.48. The van der Waals surface area contributed by atoms with E-state index in [1.807, 2.05) is 0 Å². The maximum Gasteiger partial charge on any atom is 0.339 e.